The first kappa shape index (κ1) is 12.0. The molecule has 0 unspecified atom stereocenters. The quantitative estimate of drug-likeness (QED) is 0.842. The lowest BCUT2D eigenvalue weighted by Gasteiger charge is -2.04. The number of aryl methyl sites for hydroxylation is 2. The highest BCUT2D eigenvalue weighted by molar-refractivity contribution is 6.03. The molecule has 0 saturated heterocycles. The van der Waals surface area contributed by atoms with Crippen molar-refractivity contribution in [2.75, 3.05) is 5.32 Å². The molecule has 5 nitrogen and oxygen atoms in total. The van der Waals surface area contributed by atoms with E-state index in [-0.39, 0.29) is 11.0 Å². The van der Waals surface area contributed by atoms with Crippen molar-refractivity contribution < 1.29 is 4.79 Å². The van der Waals surface area contributed by atoms with Crippen LogP contribution in [0.2, 0.25) is 0 Å². The van der Waals surface area contributed by atoms with E-state index in [4.69, 9.17) is 0 Å². The fourth-order valence-electron chi connectivity index (χ4n) is 1.54. The molecule has 5 heteroatoms. The monoisotopic (exact) mass is 243 g/mol. The van der Waals surface area contributed by atoms with Crippen molar-refractivity contribution in [2.24, 2.45) is 0 Å². The van der Waals surface area contributed by atoms with Gasteiger partial charge in [0, 0.05) is 24.2 Å². The Balaban J connectivity index is 2.25. The number of nitrogens with zero attached hydrogens (tertiary/aromatic N) is 1. The lowest BCUT2D eigenvalue weighted by atomic mass is 10.2. The van der Waals surface area contributed by atoms with Crippen LogP contribution in [0.3, 0.4) is 0 Å². The van der Waals surface area contributed by atoms with Crippen molar-refractivity contribution in [3.8, 4) is 0 Å². The third kappa shape index (κ3) is 2.63. The summed E-state index contributed by atoms with van der Waals surface area (Å²) < 4.78 is 0. The highest BCUT2D eigenvalue weighted by Crippen LogP contribution is 2.06. The lowest BCUT2D eigenvalue weighted by molar-refractivity contribution is 0.102. The first-order valence-electron chi connectivity index (χ1n) is 5.49. The Kier molecular flexibility index (Phi) is 3.23. The summed E-state index contributed by atoms with van der Waals surface area (Å²) in [5.74, 6) is -0.0330. The minimum atomic E-state index is -0.464. The van der Waals surface area contributed by atoms with Gasteiger partial charge in [0.25, 0.3) is 5.91 Å². The molecule has 1 amide bonds. The zero-order valence-electron chi connectivity index (χ0n) is 10.2. The van der Waals surface area contributed by atoms with E-state index in [0.717, 1.165) is 5.56 Å². The van der Waals surface area contributed by atoms with E-state index in [9.17, 15) is 9.59 Å². The Bertz CT molecular complexity index is 647. The van der Waals surface area contributed by atoms with Gasteiger partial charge in [-0.3, -0.25) is 9.59 Å². The largest absolute Gasteiger partial charge is 0.364 e. The Morgan fingerprint density at radius 2 is 2.11 bits per heavy atom. The number of hydrogen-bond donors (Lipinski definition) is 2. The predicted molar refractivity (Wildman–Crippen MR) is 68.7 cm³/mol. The first-order chi connectivity index (χ1) is 8.56. The summed E-state index contributed by atoms with van der Waals surface area (Å²) in [7, 11) is 0. The molecule has 0 saturated carbocycles. The summed E-state index contributed by atoms with van der Waals surface area (Å²) in [5, 5.41) is 2.59. The van der Waals surface area contributed by atoms with Crippen molar-refractivity contribution >= 4 is 11.7 Å². The normalized spacial score (nSPS) is 10.1. The van der Waals surface area contributed by atoms with E-state index in [1.165, 1.54) is 12.3 Å². The van der Waals surface area contributed by atoms with E-state index in [1.54, 1.807) is 19.2 Å². The molecule has 0 aliphatic rings. The molecule has 0 fully saturated rings. The molecule has 2 heterocycles. The van der Waals surface area contributed by atoms with E-state index in [0.29, 0.717) is 11.5 Å². The second kappa shape index (κ2) is 4.83. The van der Waals surface area contributed by atoms with Crippen LogP contribution in [0.5, 0.6) is 0 Å². The van der Waals surface area contributed by atoms with Crippen molar-refractivity contribution in [3.63, 3.8) is 0 Å². The van der Waals surface area contributed by atoms with Gasteiger partial charge in [0.2, 0.25) is 0 Å². The highest BCUT2D eigenvalue weighted by atomic mass is 16.2. The first-order valence-corrected chi connectivity index (χ1v) is 5.49. The number of rotatable bonds is 2. The summed E-state index contributed by atoms with van der Waals surface area (Å²) in [6.07, 6.45) is 3.01. The van der Waals surface area contributed by atoms with Crippen LogP contribution in [-0.4, -0.2) is 15.9 Å². The van der Waals surface area contributed by atoms with Crippen LogP contribution in [-0.2, 0) is 0 Å². The average Bonchev–Trinajstić information content (AvgIpc) is 2.28. The lowest BCUT2D eigenvalue weighted by Crippen LogP contribution is -2.22. The molecule has 0 radical (unpaired) electrons. The number of nitrogens with one attached hydrogen (secondary N) is 2. The molecule has 0 spiro atoms. The van der Waals surface area contributed by atoms with Gasteiger partial charge in [-0.25, -0.2) is 4.98 Å². The van der Waals surface area contributed by atoms with Crippen LogP contribution >= 0.6 is 0 Å². The molecule has 92 valence electrons. The fraction of sp³-hybridized carbons (Fsp3) is 0.154. The van der Waals surface area contributed by atoms with Gasteiger partial charge in [-0.05, 0) is 31.5 Å². The maximum atomic E-state index is 11.9. The van der Waals surface area contributed by atoms with E-state index in [1.807, 2.05) is 13.0 Å². The van der Waals surface area contributed by atoms with Crippen molar-refractivity contribution in [1.29, 1.82) is 0 Å². The van der Waals surface area contributed by atoms with Gasteiger partial charge in [0.1, 0.15) is 11.4 Å². The number of carbonyl (C=O) groups excluding carboxylic acids is 1. The predicted octanol–water partition coefficient (Wildman–Crippen LogP) is 1.64. The van der Waals surface area contributed by atoms with Crippen LogP contribution < -0.4 is 10.7 Å². The number of hydrogen-bond acceptors (Lipinski definition) is 3. The third-order valence-electron chi connectivity index (χ3n) is 2.46. The minimum absolute atomic E-state index is 0.0731. The molecule has 2 N–H and O–H groups in total. The molecule has 2 aromatic heterocycles. The second-order valence-electron chi connectivity index (χ2n) is 4.07. The summed E-state index contributed by atoms with van der Waals surface area (Å²) in [4.78, 5) is 30.4. The number of anilines is 1. The molecule has 0 aromatic carbocycles. The summed E-state index contributed by atoms with van der Waals surface area (Å²) in [6, 6.07) is 4.95. The number of amides is 1. The van der Waals surface area contributed by atoms with Gasteiger partial charge in [-0.2, -0.15) is 0 Å². The van der Waals surface area contributed by atoms with Crippen molar-refractivity contribution in [3.05, 3.63) is 57.6 Å². The standard InChI is InChI=1S/C13H13N3O2/c1-8-3-4-14-12(5-8)16-13(18)10-7-15-9(2)6-11(10)17/h3-7H,1-2H3,(H,15,17)(H,14,16,18). The molecular weight excluding hydrogens is 230 g/mol. The number of carbonyl (C=O) groups is 1. The van der Waals surface area contributed by atoms with Crippen molar-refractivity contribution in [2.45, 2.75) is 13.8 Å². The number of pyridine rings is 2. The minimum Gasteiger partial charge on any atom is -0.364 e. The maximum absolute atomic E-state index is 11.9. The topological polar surface area (TPSA) is 74.8 Å². The van der Waals surface area contributed by atoms with Gasteiger partial charge in [-0.1, -0.05) is 0 Å². The summed E-state index contributed by atoms with van der Waals surface area (Å²) in [6.45, 7) is 3.65. The van der Waals surface area contributed by atoms with Crippen LogP contribution in [0.1, 0.15) is 21.6 Å². The molecule has 18 heavy (non-hydrogen) atoms. The van der Waals surface area contributed by atoms with Crippen LogP contribution in [0, 0.1) is 13.8 Å². The fourth-order valence-corrected chi connectivity index (χ4v) is 1.54. The molecule has 0 bridgehead atoms. The SMILES string of the molecule is Cc1ccnc(NC(=O)c2c[nH]c(C)cc2=O)c1. The average molecular weight is 243 g/mol. The van der Waals surface area contributed by atoms with Gasteiger partial charge >= 0.3 is 0 Å². The van der Waals surface area contributed by atoms with Gasteiger partial charge in [0.15, 0.2) is 5.43 Å². The van der Waals surface area contributed by atoms with E-state index in [2.05, 4.69) is 15.3 Å². The smallest absolute Gasteiger partial charge is 0.262 e. The van der Waals surface area contributed by atoms with E-state index >= 15 is 0 Å². The Labute approximate surface area is 104 Å². The van der Waals surface area contributed by atoms with Gasteiger partial charge in [0.05, 0.1) is 0 Å². The van der Waals surface area contributed by atoms with Crippen molar-refractivity contribution in [1.82, 2.24) is 9.97 Å². The summed E-state index contributed by atoms with van der Waals surface area (Å²) in [5.41, 5.74) is 1.46. The molecule has 2 aromatic rings. The Hall–Kier alpha value is -2.43. The molecular formula is C13H13N3O2. The maximum Gasteiger partial charge on any atom is 0.262 e. The zero-order chi connectivity index (χ0) is 13.1. The van der Waals surface area contributed by atoms with Crippen LogP contribution in [0.25, 0.3) is 0 Å². The number of aromatic nitrogens is 2. The highest BCUT2D eigenvalue weighted by Gasteiger charge is 2.10. The number of aromatic amines is 1. The second-order valence-corrected chi connectivity index (χ2v) is 4.07. The summed E-state index contributed by atoms with van der Waals surface area (Å²) >= 11 is 0. The van der Waals surface area contributed by atoms with Crippen LogP contribution in [0.4, 0.5) is 5.82 Å². The Morgan fingerprint density at radius 1 is 1.33 bits per heavy atom. The van der Waals surface area contributed by atoms with Gasteiger partial charge < -0.3 is 10.3 Å². The zero-order valence-corrected chi connectivity index (χ0v) is 10.2. The van der Waals surface area contributed by atoms with E-state index < -0.39 is 5.91 Å². The van der Waals surface area contributed by atoms with Crippen LogP contribution in [0.15, 0.2) is 35.4 Å². The third-order valence-corrected chi connectivity index (χ3v) is 2.46. The Morgan fingerprint density at radius 3 is 2.78 bits per heavy atom. The molecule has 0 atom stereocenters. The number of H-pyrrole nitrogens is 1. The molecule has 0 aliphatic heterocycles. The van der Waals surface area contributed by atoms with Gasteiger partial charge in [-0.15, -0.1) is 0 Å². The molecule has 0 aliphatic carbocycles. The molecule has 2 rings (SSSR count).